The second kappa shape index (κ2) is 55.0. The molecule has 5 aliphatic rings. The van der Waals surface area contributed by atoms with Crippen molar-refractivity contribution in [2.45, 2.75) is 436 Å². The predicted octanol–water partition coefficient (Wildman–Crippen LogP) is 26.9. The summed E-state index contributed by atoms with van der Waals surface area (Å²) in [5.41, 5.74) is 1.62. The first-order chi connectivity index (χ1) is 66.4. The van der Waals surface area contributed by atoms with Crippen LogP contribution in [0.5, 0.6) is 5.75 Å². The van der Waals surface area contributed by atoms with Crippen molar-refractivity contribution in [1.82, 2.24) is 0 Å². The van der Waals surface area contributed by atoms with Gasteiger partial charge in [0, 0.05) is 26.1 Å². The maximum absolute atomic E-state index is 12.5. The Morgan fingerprint density at radius 1 is 0.404 bits per heavy atom. The lowest BCUT2D eigenvalue weighted by Crippen LogP contribution is -2.50. The predicted molar refractivity (Wildman–Crippen MR) is 503 cm³/mol. The van der Waals surface area contributed by atoms with Crippen molar-refractivity contribution in [3.8, 4) is 5.75 Å². The van der Waals surface area contributed by atoms with Gasteiger partial charge in [-0.25, -0.2) is 19.2 Å². The summed E-state index contributed by atoms with van der Waals surface area (Å²) in [4.78, 5) is 121. The largest absolute Gasteiger partial charge is 0.508 e. The zero-order chi connectivity index (χ0) is 113. The molecule has 836 valence electrons. The molecule has 3 aromatic carbocycles. The van der Waals surface area contributed by atoms with Gasteiger partial charge in [-0.15, -0.1) is 0 Å². The Morgan fingerprint density at radius 2 is 0.747 bits per heavy atom. The minimum Gasteiger partial charge on any atom is -0.508 e. The summed E-state index contributed by atoms with van der Waals surface area (Å²) in [6, 6.07) is 20.8. The van der Waals surface area contributed by atoms with Crippen molar-refractivity contribution >= 4 is 59.7 Å². The summed E-state index contributed by atoms with van der Waals surface area (Å²) in [6.07, 6.45) is -36.9. The van der Waals surface area contributed by atoms with Crippen molar-refractivity contribution < 1.29 is 189 Å². The number of phenolic OH excluding ortho intramolecular Hbond substituents is 1. The van der Waals surface area contributed by atoms with E-state index in [2.05, 4.69) is 108 Å². The monoisotopic (exact) mass is 2120 g/mol. The average molecular weight is 2120 g/mol. The number of phenols is 1. The highest BCUT2D eigenvalue weighted by atomic mass is 19.4. The quantitative estimate of drug-likeness (QED) is 0.0195. The first kappa shape index (κ1) is 133. The van der Waals surface area contributed by atoms with Crippen LogP contribution in [0.2, 0.25) is 0 Å². The Labute approximate surface area is 845 Å². The molecule has 4 heterocycles. The van der Waals surface area contributed by atoms with Crippen LogP contribution in [0.1, 0.15) is 360 Å². The van der Waals surface area contributed by atoms with Crippen molar-refractivity contribution in [3.05, 3.63) is 100 Å². The van der Waals surface area contributed by atoms with E-state index in [0.29, 0.717) is 41.9 Å². The molecule has 13 unspecified atom stereocenters. The van der Waals surface area contributed by atoms with E-state index in [1.807, 2.05) is 66.7 Å². The Bertz CT molecular complexity index is 4510. The van der Waals surface area contributed by atoms with Gasteiger partial charge in [-0.1, -0.05) is 158 Å². The Balaban J connectivity index is 0.000000591. The molecule has 0 aromatic heterocycles. The SMILES string of the molecule is CCC(C)(C)C(=O)OC(C(=O)OC(C)C(F)(F)F)C(=O)OC(C(F)(F)F)C(F)(F)F.CCC(C)(C)C(=O)OC(C)(C)C1CCC(C)CC1.CCC(C)(C)C(=O)OC1CC2(CC(CCCOC(C)C(F)(F)F)C(=O)O2)OC1=O.CCC(C)(C)C(=O)OC1CC2(CC(CCCOC(C)C(F)(F)F)C(=O)O2)OC1=O.CCC(C)c1cc(C)cc(C(F)(F)F)c1.CCC(C)c1ccc(C(C)(C)C)cc1.CCC(C)c1ccc(O)cc1. The van der Waals surface area contributed by atoms with Gasteiger partial charge in [0.15, 0.2) is 18.3 Å². The van der Waals surface area contributed by atoms with Crippen LogP contribution >= 0.6 is 0 Å². The van der Waals surface area contributed by atoms with Crippen molar-refractivity contribution in [2.24, 2.45) is 45.3 Å². The smallest absolute Gasteiger partial charge is 0.434 e. The molecule has 2 spiro atoms. The molecule has 0 radical (unpaired) electrons. The zero-order valence-corrected chi connectivity index (χ0v) is 89.0. The molecule has 23 nitrogen and oxygen atoms in total. The highest BCUT2D eigenvalue weighted by Gasteiger charge is 2.63. The van der Waals surface area contributed by atoms with Crippen molar-refractivity contribution in [2.75, 3.05) is 13.2 Å². The van der Waals surface area contributed by atoms with Gasteiger partial charge in [0.05, 0.1) is 51.9 Å². The Morgan fingerprint density at radius 3 is 1.09 bits per heavy atom. The van der Waals surface area contributed by atoms with E-state index in [-0.39, 0.29) is 106 Å². The molecule has 1 N–H and O–H groups in total. The van der Waals surface area contributed by atoms with Gasteiger partial charge < -0.3 is 61.9 Å². The second-order valence-electron chi connectivity index (χ2n) is 42.1. The molecule has 4 aliphatic heterocycles. The summed E-state index contributed by atoms with van der Waals surface area (Å²) in [6.45, 7) is 49.6. The molecule has 41 heteroatoms. The van der Waals surface area contributed by atoms with Gasteiger partial charge in [0.25, 0.3) is 23.8 Å². The molecule has 1 aliphatic carbocycles. The van der Waals surface area contributed by atoms with Crippen LogP contribution < -0.4 is 0 Å². The highest BCUT2D eigenvalue weighted by molar-refractivity contribution is 6.00. The normalized spacial score (nSPS) is 21.4. The molecule has 8 rings (SSSR count). The Hall–Kier alpha value is -9.18. The molecular formula is C105H152F18O23. The summed E-state index contributed by atoms with van der Waals surface area (Å²) in [5, 5.41) is 9.01. The number of ether oxygens (including phenoxy) is 12. The van der Waals surface area contributed by atoms with Crippen LogP contribution in [0.4, 0.5) is 79.0 Å². The molecule has 5 fully saturated rings. The third-order valence-corrected chi connectivity index (χ3v) is 27.0. The third kappa shape index (κ3) is 42.7. The molecule has 146 heavy (non-hydrogen) atoms. The molecule has 1 saturated carbocycles. The van der Waals surface area contributed by atoms with E-state index < -0.39 is 179 Å². The minimum atomic E-state index is -6.19. The topological polar surface area (TPSA) is 302 Å². The number of esters is 10. The summed E-state index contributed by atoms with van der Waals surface area (Å²) < 4.78 is 283. The van der Waals surface area contributed by atoms with E-state index in [9.17, 15) is 127 Å². The zero-order valence-electron chi connectivity index (χ0n) is 89.0. The second-order valence-corrected chi connectivity index (χ2v) is 42.1. The van der Waals surface area contributed by atoms with Gasteiger partial charge in [-0.2, -0.15) is 79.0 Å². The standard InChI is InChI=1S/2C19H27F3O7.C16H30O2.C15H17F9O6.C14H22.C12H15F3.C10H14O/c2*1-5-17(3,4)16(25)27-13-10-18(29-15(13)24)9-12(14(23)28-18)7-6-8-26-11(2)19(20,21)22;1-7-15(3,4)14(17)18-16(5,6)13-10-8-12(2)9-11-13;1-5-12(3,4)11(27)29-7(8(25)28-6(2)13(16,17)18)9(26)30-10(14(19,20)21)15(22,23)24;1-6-11(2)12-7-9-13(10-8-12)14(3,4)5;1-4-9(3)10-5-8(2)6-11(7-10)12(13,14)15;1-3-8(2)9-4-6-10(11)7-5-9/h2*11-13H,5-10H2,1-4H3;12-13H,7-11H2,1-6H3;6-7,10H,5H2,1-4H3;7-11H,6H2,1-5H3;5-7,9H,4H2,1-3H3;4-8,11H,3H2,1-2H3. The van der Waals surface area contributed by atoms with E-state index >= 15 is 0 Å². The fourth-order valence-corrected chi connectivity index (χ4v) is 14.1. The van der Waals surface area contributed by atoms with Crippen LogP contribution in [0.3, 0.4) is 0 Å². The van der Waals surface area contributed by atoms with Crippen LogP contribution in [-0.2, 0) is 116 Å². The number of aryl methyl sites for hydroxylation is 1. The fraction of sp³-hybridized carbons (Fsp3) is 0.733. The van der Waals surface area contributed by atoms with Gasteiger partial charge in [-0.3, -0.25) is 28.8 Å². The molecule has 4 saturated heterocycles. The number of carbonyl (C=O) groups is 10. The maximum Gasteiger partial charge on any atom is 0.434 e. The lowest BCUT2D eigenvalue weighted by molar-refractivity contribution is -0.315. The van der Waals surface area contributed by atoms with Gasteiger partial charge in [-0.05, 0) is 262 Å². The highest BCUT2D eigenvalue weighted by Crippen LogP contribution is 2.48. The number of hydrogen-bond donors (Lipinski definition) is 1. The van der Waals surface area contributed by atoms with E-state index in [1.165, 1.54) is 67.9 Å². The number of hydrogen-bond acceptors (Lipinski definition) is 23. The maximum atomic E-state index is 12.5. The molecular weight excluding hydrogens is 1970 g/mol. The minimum absolute atomic E-state index is 0.0463. The van der Waals surface area contributed by atoms with Crippen LogP contribution in [0.15, 0.2) is 66.7 Å². The van der Waals surface area contributed by atoms with E-state index in [1.54, 1.807) is 46.8 Å². The molecule has 0 bridgehead atoms. The summed E-state index contributed by atoms with van der Waals surface area (Å²) in [7, 11) is 0. The van der Waals surface area contributed by atoms with Crippen LogP contribution in [0, 0.1) is 52.3 Å². The third-order valence-electron chi connectivity index (χ3n) is 27.0. The summed E-state index contributed by atoms with van der Waals surface area (Å²) >= 11 is 0. The first-order valence-electron chi connectivity index (χ1n) is 49.3. The van der Waals surface area contributed by atoms with Gasteiger partial charge in [0.1, 0.15) is 11.4 Å². The average Bonchev–Trinajstić information content (AvgIpc) is 1.62. The molecule has 13 atom stereocenters. The lowest BCUT2D eigenvalue weighted by atomic mass is 9.75. The van der Waals surface area contributed by atoms with Gasteiger partial charge >= 0.3 is 96.8 Å². The fourth-order valence-electron chi connectivity index (χ4n) is 14.1. The van der Waals surface area contributed by atoms with Crippen molar-refractivity contribution in [3.63, 3.8) is 0 Å². The summed E-state index contributed by atoms with van der Waals surface area (Å²) in [5.74, 6) is -11.5. The van der Waals surface area contributed by atoms with E-state index in [0.717, 1.165) is 58.4 Å². The molecule has 3 aromatic rings. The van der Waals surface area contributed by atoms with Gasteiger partial charge in [0.2, 0.25) is 12.2 Å². The number of rotatable bonds is 33. The lowest BCUT2D eigenvalue weighted by Gasteiger charge is -2.39. The van der Waals surface area contributed by atoms with Crippen LogP contribution in [0.25, 0.3) is 0 Å². The van der Waals surface area contributed by atoms with Crippen molar-refractivity contribution in [1.29, 1.82) is 0 Å². The number of aromatic hydroxyl groups is 1. The first-order valence-corrected chi connectivity index (χ1v) is 49.3. The van der Waals surface area contributed by atoms with Crippen LogP contribution in [-0.4, -0.2) is 169 Å². The Kier molecular flexibility index (Phi) is 50.1. The number of alkyl halides is 18. The number of benzene rings is 3. The number of halogens is 18. The molecule has 0 amide bonds. The van der Waals surface area contributed by atoms with E-state index in [4.69, 9.17) is 47.7 Å². The number of carbonyl (C=O) groups excluding carboxylic acids is 10.